The highest BCUT2D eigenvalue weighted by atomic mass is 127. The molecule has 0 bridgehead atoms. The monoisotopic (exact) mass is 326 g/mol. The van der Waals surface area contributed by atoms with Gasteiger partial charge < -0.3 is 0 Å². The highest BCUT2D eigenvalue weighted by molar-refractivity contribution is 14.1. The van der Waals surface area contributed by atoms with Crippen molar-refractivity contribution in [2.45, 2.75) is 11.3 Å². The van der Waals surface area contributed by atoms with Gasteiger partial charge in [0.15, 0.2) is 5.78 Å². The molecule has 4 heteroatoms. The summed E-state index contributed by atoms with van der Waals surface area (Å²) in [5.74, 6) is 0.128. The van der Waals surface area contributed by atoms with E-state index in [2.05, 4.69) is 35.2 Å². The molecule has 0 saturated heterocycles. The molecule has 0 aromatic heterocycles. The SMILES string of the molecule is O=C(CCl)Cc1ccc(S)c(I)c1. The second kappa shape index (κ2) is 5.22. The summed E-state index contributed by atoms with van der Waals surface area (Å²) in [5.41, 5.74) is 0.993. The van der Waals surface area contributed by atoms with Crippen molar-refractivity contribution < 1.29 is 4.79 Å². The summed E-state index contributed by atoms with van der Waals surface area (Å²) in [6.07, 6.45) is 0.410. The van der Waals surface area contributed by atoms with Crippen molar-refractivity contribution >= 4 is 52.6 Å². The highest BCUT2D eigenvalue weighted by Crippen LogP contribution is 2.18. The smallest absolute Gasteiger partial charge is 0.151 e. The largest absolute Gasteiger partial charge is 0.298 e. The Balaban J connectivity index is 2.79. The topological polar surface area (TPSA) is 17.1 Å². The third kappa shape index (κ3) is 3.48. The molecule has 0 spiro atoms. The fourth-order valence-corrected chi connectivity index (χ4v) is 1.75. The molecule has 1 nitrogen and oxygen atoms in total. The molecular weight excluding hydrogens is 319 g/mol. The number of Topliss-reactive ketones (excluding diaryl/α,β-unsaturated/α-hetero) is 1. The molecule has 1 aromatic rings. The number of benzene rings is 1. The van der Waals surface area contributed by atoms with Gasteiger partial charge in [-0.1, -0.05) is 6.07 Å². The van der Waals surface area contributed by atoms with Crippen molar-refractivity contribution in [3.05, 3.63) is 27.3 Å². The number of hydrogen-bond acceptors (Lipinski definition) is 2. The molecule has 0 amide bonds. The lowest BCUT2D eigenvalue weighted by molar-refractivity contribution is -0.116. The third-order valence-corrected chi connectivity index (χ3v) is 3.57. The van der Waals surface area contributed by atoms with Gasteiger partial charge in [-0.05, 0) is 40.3 Å². The molecule has 0 unspecified atom stereocenters. The number of carbonyl (C=O) groups excluding carboxylic acids is 1. The molecule has 0 radical (unpaired) electrons. The first-order valence-corrected chi connectivity index (χ1v) is 5.74. The van der Waals surface area contributed by atoms with Crippen LogP contribution < -0.4 is 0 Å². The van der Waals surface area contributed by atoms with Crippen LogP contribution in [0.2, 0.25) is 0 Å². The number of thiol groups is 1. The summed E-state index contributed by atoms with van der Waals surface area (Å²) in [7, 11) is 0. The molecule has 0 aliphatic carbocycles. The van der Waals surface area contributed by atoms with Crippen LogP contribution in [0.4, 0.5) is 0 Å². The van der Waals surface area contributed by atoms with E-state index in [1.165, 1.54) is 0 Å². The van der Waals surface area contributed by atoms with E-state index in [9.17, 15) is 4.79 Å². The van der Waals surface area contributed by atoms with Gasteiger partial charge in [0.25, 0.3) is 0 Å². The first kappa shape index (κ1) is 11.3. The normalized spacial score (nSPS) is 10.1. The quantitative estimate of drug-likeness (QED) is 0.513. The van der Waals surface area contributed by atoms with Gasteiger partial charge in [-0.2, -0.15) is 0 Å². The van der Waals surface area contributed by atoms with E-state index in [1.807, 2.05) is 18.2 Å². The fourth-order valence-electron chi connectivity index (χ4n) is 0.935. The van der Waals surface area contributed by atoms with Crippen LogP contribution in [0.25, 0.3) is 0 Å². The highest BCUT2D eigenvalue weighted by Gasteiger charge is 2.03. The van der Waals surface area contributed by atoms with Crippen molar-refractivity contribution in [2.75, 3.05) is 5.88 Å². The van der Waals surface area contributed by atoms with Crippen molar-refractivity contribution in [1.29, 1.82) is 0 Å². The molecule has 0 aliphatic rings. The van der Waals surface area contributed by atoms with Crippen LogP contribution in [-0.2, 0) is 11.2 Å². The fraction of sp³-hybridized carbons (Fsp3) is 0.222. The molecule has 0 saturated carbocycles. The molecule has 1 aromatic carbocycles. The van der Waals surface area contributed by atoms with E-state index < -0.39 is 0 Å². The Kier molecular flexibility index (Phi) is 4.55. The maximum Gasteiger partial charge on any atom is 0.151 e. The van der Waals surface area contributed by atoms with Crippen LogP contribution in [0.3, 0.4) is 0 Å². The second-order valence-electron chi connectivity index (χ2n) is 2.63. The minimum atomic E-state index is 0.0457. The lowest BCUT2D eigenvalue weighted by atomic mass is 10.1. The molecule has 0 N–H and O–H groups in total. The van der Waals surface area contributed by atoms with E-state index >= 15 is 0 Å². The lowest BCUT2D eigenvalue weighted by Crippen LogP contribution is -2.03. The lowest BCUT2D eigenvalue weighted by Gasteiger charge is -2.01. The van der Waals surface area contributed by atoms with Gasteiger partial charge in [-0.3, -0.25) is 4.79 Å². The van der Waals surface area contributed by atoms with Crippen molar-refractivity contribution in [2.24, 2.45) is 0 Å². The Morgan fingerprint density at radius 1 is 1.54 bits per heavy atom. The number of halogens is 2. The van der Waals surface area contributed by atoms with E-state index in [1.54, 1.807) is 0 Å². The summed E-state index contributed by atoms with van der Waals surface area (Å²) in [6, 6.07) is 5.74. The van der Waals surface area contributed by atoms with E-state index in [-0.39, 0.29) is 11.7 Å². The van der Waals surface area contributed by atoms with Crippen LogP contribution in [0.5, 0.6) is 0 Å². The average Bonchev–Trinajstić information content (AvgIpc) is 2.11. The van der Waals surface area contributed by atoms with Gasteiger partial charge in [-0.15, -0.1) is 24.2 Å². The predicted octanol–water partition coefficient (Wildman–Crippen LogP) is 2.93. The molecule has 0 atom stereocenters. The maximum atomic E-state index is 11.0. The summed E-state index contributed by atoms with van der Waals surface area (Å²) < 4.78 is 1.06. The first-order chi connectivity index (χ1) is 6.13. The number of rotatable bonds is 3. The summed E-state index contributed by atoms with van der Waals surface area (Å²) >= 11 is 11.8. The summed E-state index contributed by atoms with van der Waals surface area (Å²) in [6.45, 7) is 0. The van der Waals surface area contributed by atoms with Crippen molar-refractivity contribution in [3.63, 3.8) is 0 Å². The number of hydrogen-bond donors (Lipinski definition) is 1. The Morgan fingerprint density at radius 3 is 2.77 bits per heavy atom. The Hall–Kier alpha value is 0.260. The Labute approximate surface area is 101 Å². The predicted molar refractivity (Wildman–Crippen MR) is 65.8 cm³/mol. The molecule has 13 heavy (non-hydrogen) atoms. The van der Waals surface area contributed by atoms with Gasteiger partial charge in [0.2, 0.25) is 0 Å². The third-order valence-electron chi connectivity index (χ3n) is 1.56. The van der Waals surface area contributed by atoms with Gasteiger partial charge in [0.05, 0.1) is 5.88 Å². The van der Waals surface area contributed by atoms with E-state index in [0.717, 1.165) is 14.0 Å². The van der Waals surface area contributed by atoms with Gasteiger partial charge in [-0.25, -0.2) is 0 Å². The standard InChI is InChI=1S/C9H8ClIOS/c10-5-7(12)3-6-1-2-9(13)8(11)4-6/h1-2,4,13H,3,5H2. The van der Waals surface area contributed by atoms with Gasteiger partial charge >= 0.3 is 0 Å². The Bertz CT molecular complexity index is 327. The summed E-state index contributed by atoms with van der Waals surface area (Å²) in [5, 5.41) is 0. The molecular formula is C9H8ClIOS. The number of alkyl halides is 1. The zero-order chi connectivity index (χ0) is 9.84. The zero-order valence-electron chi connectivity index (χ0n) is 6.76. The van der Waals surface area contributed by atoms with E-state index in [4.69, 9.17) is 11.6 Å². The van der Waals surface area contributed by atoms with Crippen LogP contribution >= 0.6 is 46.8 Å². The second-order valence-corrected chi connectivity index (χ2v) is 4.55. The first-order valence-electron chi connectivity index (χ1n) is 3.68. The number of ketones is 1. The minimum absolute atomic E-state index is 0.0457. The Morgan fingerprint density at radius 2 is 2.23 bits per heavy atom. The summed E-state index contributed by atoms with van der Waals surface area (Å²) in [4.78, 5) is 12.0. The average molecular weight is 327 g/mol. The minimum Gasteiger partial charge on any atom is -0.298 e. The molecule has 0 heterocycles. The molecule has 0 aliphatic heterocycles. The van der Waals surface area contributed by atoms with Crippen molar-refractivity contribution in [3.8, 4) is 0 Å². The molecule has 0 fully saturated rings. The van der Waals surface area contributed by atoms with E-state index in [0.29, 0.717) is 6.42 Å². The zero-order valence-corrected chi connectivity index (χ0v) is 10.6. The van der Waals surface area contributed by atoms with Crippen LogP contribution in [0.1, 0.15) is 5.56 Å². The van der Waals surface area contributed by atoms with Gasteiger partial charge in [0, 0.05) is 14.9 Å². The van der Waals surface area contributed by atoms with Gasteiger partial charge in [0.1, 0.15) is 0 Å². The van der Waals surface area contributed by atoms with Crippen LogP contribution in [0, 0.1) is 3.57 Å². The van der Waals surface area contributed by atoms with Crippen LogP contribution in [0.15, 0.2) is 23.1 Å². The molecule has 1 rings (SSSR count). The maximum absolute atomic E-state index is 11.0. The number of carbonyl (C=O) groups is 1. The molecule has 70 valence electrons. The van der Waals surface area contributed by atoms with Crippen LogP contribution in [-0.4, -0.2) is 11.7 Å². The van der Waals surface area contributed by atoms with Crippen molar-refractivity contribution in [1.82, 2.24) is 0 Å².